The number of carbonyl (C=O) groups is 1. The lowest BCUT2D eigenvalue weighted by molar-refractivity contribution is 0.103. The van der Waals surface area contributed by atoms with Gasteiger partial charge < -0.3 is 16.0 Å². The third-order valence-corrected chi connectivity index (χ3v) is 4.89. The Morgan fingerprint density at radius 1 is 1.39 bits per heavy atom. The molecule has 6 heteroatoms. The highest BCUT2D eigenvalue weighted by atomic mass is 16.1. The van der Waals surface area contributed by atoms with Crippen LogP contribution in [-0.4, -0.2) is 41.4 Å². The summed E-state index contributed by atoms with van der Waals surface area (Å²) in [4.78, 5) is 24.2. The number of rotatable bonds is 6. The molecule has 0 unspecified atom stereocenters. The number of hydrogen-bond acceptors (Lipinski definition) is 6. The van der Waals surface area contributed by atoms with Crippen molar-refractivity contribution in [3.8, 4) is 0 Å². The minimum Gasteiger partial charge on any atom is -0.383 e. The molecular weight excluding hydrogens is 350 g/mol. The van der Waals surface area contributed by atoms with E-state index in [1.54, 1.807) is 18.3 Å². The van der Waals surface area contributed by atoms with Crippen LogP contribution in [0.25, 0.3) is 6.08 Å². The standard InChI is InChI=1S/C22H29N5O/c1-4-6-16-8-9-19(27-12-11-24-17(14-27)13-15(2)3)26-20(16)21(28)18-7-5-10-25-22(18)23/h4-10,15,17,24H,11-14H2,1-3H3,(H2,23,25)/b6-4+/t17-/m1/s1. The summed E-state index contributed by atoms with van der Waals surface area (Å²) >= 11 is 0. The Labute approximate surface area is 166 Å². The van der Waals surface area contributed by atoms with Crippen molar-refractivity contribution in [3.05, 3.63) is 53.4 Å². The third kappa shape index (κ3) is 4.57. The molecule has 0 amide bonds. The van der Waals surface area contributed by atoms with E-state index >= 15 is 0 Å². The molecule has 6 nitrogen and oxygen atoms in total. The Balaban J connectivity index is 1.94. The molecule has 1 aliphatic rings. The first kappa shape index (κ1) is 20.0. The van der Waals surface area contributed by atoms with Crippen molar-refractivity contribution < 1.29 is 4.79 Å². The predicted molar refractivity (Wildman–Crippen MR) is 114 cm³/mol. The number of nitrogen functional groups attached to an aromatic ring is 1. The molecule has 1 saturated heterocycles. The number of anilines is 2. The number of aromatic nitrogens is 2. The number of pyridine rings is 2. The zero-order valence-electron chi connectivity index (χ0n) is 16.9. The quantitative estimate of drug-likeness (QED) is 0.750. The third-order valence-electron chi connectivity index (χ3n) is 4.89. The molecule has 0 bridgehead atoms. The van der Waals surface area contributed by atoms with E-state index in [4.69, 9.17) is 10.7 Å². The maximum Gasteiger partial charge on any atom is 0.215 e. The first-order valence-corrected chi connectivity index (χ1v) is 9.86. The Morgan fingerprint density at radius 2 is 2.21 bits per heavy atom. The second-order valence-electron chi connectivity index (χ2n) is 7.60. The predicted octanol–water partition coefficient (Wildman–Crippen LogP) is 3.15. The molecule has 3 heterocycles. The van der Waals surface area contributed by atoms with Crippen LogP contribution in [0.5, 0.6) is 0 Å². The van der Waals surface area contributed by atoms with Crippen LogP contribution in [0.15, 0.2) is 36.5 Å². The molecule has 3 N–H and O–H groups in total. The van der Waals surface area contributed by atoms with Gasteiger partial charge in [-0.3, -0.25) is 4.79 Å². The molecule has 0 spiro atoms. The summed E-state index contributed by atoms with van der Waals surface area (Å²) in [5, 5.41) is 3.58. The number of nitrogens with two attached hydrogens (primary N) is 1. The van der Waals surface area contributed by atoms with Crippen LogP contribution in [-0.2, 0) is 0 Å². The van der Waals surface area contributed by atoms with Crippen molar-refractivity contribution >= 4 is 23.5 Å². The normalized spacial score (nSPS) is 17.4. The Bertz CT molecular complexity index is 862. The van der Waals surface area contributed by atoms with Gasteiger partial charge in [-0.2, -0.15) is 0 Å². The average molecular weight is 380 g/mol. The van der Waals surface area contributed by atoms with Crippen molar-refractivity contribution in [1.29, 1.82) is 0 Å². The van der Waals surface area contributed by atoms with Gasteiger partial charge in [0.25, 0.3) is 0 Å². The Kier molecular flexibility index (Phi) is 6.41. The smallest absolute Gasteiger partial charge is 0.215 e. The van der Waals surface area contributed by atoms with Crippen molar-refractivity contribution in [1.82, 2.24) is 15.3 Å². The van der Waals surface area contributed by atoms with E-state index in [1.165, 1.54) is 0 Å². The molecule has 148 valence electrons. The van der Waals surface area contributed by atoms with E-state index in [0.29, 0.717) is 23.2 Å². The highest BCUT2D eigenvalue weighted by molar-refractivity contribution is 6.12. The van der Waals surface area contributed by atoms with Gasteiger partial charge in [-0.25, -0.2) is 9.97 Å². The number of nitrogens with one attached hydrogen (secondary N) is 1. The average Bonchev–Trinajstić information content (AvgIpc) is 2.68. The molecule has 2 aromatic heterocycles. The molecule has 1 atom stereocenters. The Hall–Kier alpha value is -2.73. The lowest BCUT2D eigenvalue weighted by Gasteiger charge is -2.35. The highest BCUT2D eigenvalue weighted by Gasteiger charge is 2.23. The SMILES string of the molecule is C/C=C/c1ccc(N2CCN[C@H](CC(C)C)C2)nc1C(=O)c1cccnc1N. The summed E-state index contributed by atoms with van der Waals surface area (Å²) < 4.78 is 0. The minimum atomic E-state index is -0.200. The summed E-state index contributed by atoms with van der Waals surface area (Å²) in [6, 6.07) is 7.80. The molecule has 1 fully saturated rings. The van der Waals surface area contributed by atoms with E-state index in [0.717, 1.165) is 37.4 Å². The highest BCUT2D eigenvalue weighted by Crippen LogP contribution is 2.23. The fourth-order valence-electron chi connectivity index (χ4n) is 3.63. The van der Waals surface area contributed by atoms with Crippen LogP contribution in [0.3, 0.4) is 0 Å². The second kappa shape index (κ2) is 8.97. The van der Waals surface area contributed by atoms with Crippen LogP contribution < -0.4 is 16.0 Å². The summed E-state index contributed by atoms with van der Waals surface area (Å²) in [5.74, 6) is 1.49. The first-order chi connectivity index (χ1) is 13.5. The van der Waals surface area contributed by atoms with E-state index < -0.39 is 0 Å². The molecular formula is C22H29N5O. The zero-order chi connectivity index (χ0) is 20.1. The number of hydrogen-bond donors (Lipinski definition) is 2. The molecule has 2 aromatic rings. The second-order valence-corrected chi connectivity index (χ2v) is 7.60. The zero-order valence-corrected chi connectivity index (χ0v) is 16.9. The van der Waals surface area contributed by atoms with Crippen molar-refractivity contribution in [3.63, 3.8) is 0 Å². The van der Waals surface area contributed by atoms with Crippen LogP contribution >= 0.6 is 0 Å². The van der Waals surface area contributed by atoms with Gasteiger partial charge in [0, 0.05) is 37.4 Å². The summed E-state index contributed by atoms with van der Waals surface area (Å²) in [7, 11) is 0. The van der Waals surface area contributed by atoms with Gasteiger partial charge in [0.1, 0.15) is 17.3 Å². The molecule has 28 heavy (non-hydrogen) atoms. The van der Waals surface area contributed by atoms with Gasteiger partial charge in [-0.1, -0.05) is 26.0 Å². The Morgan fingerprint density at radius 3 is 2.93 bits per heavy atom. The lowest BCUT2D eigenvalue weighted by Crippen LogP contribution is -2.51. The van der Waals surface area contributed by atoms with Gasteiger partial charge in [0.2, 0.25) is 5.78 Å². The van der Waals surface area contributed by atoms with Gasteiger partial charge in [-0.05, 0) is 43.5 Å². The lowest BCUT2D eigenvalue weighted by atomic mass is 10.0. The van der Waals surface area contributed by atoms with Crippen LogP contribution in [0.4, 0.5) is 11.6 Å². The van der Waals surface area contributed by atoms with Crippen LogP contribution in [0, 0.1) is 5.92 Å². The molecule has 0 aromatic carbocycles. The number of allylic oxidation sites excluding steroid dienone is 1. The molecule has 1 aliphatic heterocycles. The van der Waals surface area contributed by atoms with Crippen LogP contribution in [0.1, 0.15) is 48.8 Å². The van der Waals surface area contributed by atoms with Gasteiger partial charge >= 0.3 is 0 Å². The summed E-state index contributed by atoms with van der Waals surface area (Å²) in [6.45, 7) is 9.06. The first-order valence-electron chi connectivity index (χ1n) is 9.86. The fraction of sp³-hybridized carbons (Fsp3) is 0.409. The topological polar surface area (TPSA) is 84.1 Å². The van der Waals surface area contributed by atoms with Gasteiger partial charge in [0.15, 0.2) is 0 Å². The van der Waals surface area contributed by atoms with Crippen LogP contribution in [0.2, 0.25) is 0 Å². The van der Waals surface area contributed by atoms with E-state index in [1.807, 2.05) is 31.2 Å². The summed E-state index contributed by atoms with van der Waals surface area (Å²) in [5.41, 5.74) is 7.51. The minimum absolute atomic E-state index is 0.200. The number of carbonyl (C=O) groups excluding carboxylic acids is 1. The molecule has 0 saturated carbocycles. The van der Waals surface area contributed by atoms with E-state index in [2.05, 4.69) is 29.0 Å². The molecule has 3 rings (SSSR count). The maximum absolute atomic E-state index is 13.2. The molecule has 0 aliphatic carbocycles. The van der Waals surface area contributed by atoms with Gasteiger partial charge in [0.05, 0.1) is 5.56 Å². The van der Waals surface area contributed by atoms with E-state index in [-0.39, 0.29) is 11.6 Å². The maximum atomic E-state index is 13.2. The largest absolute Gasteiger partial charge is 0.383 e. The molecule has 0 radical (unpaired) electrons. The number of piperazine rings is 1. The van der Waals surface area contributed by atoms with Crippen molar-refractivity contribution in [2.75, 3.05) is 30.3 Å². The van der Waals surface area contributed by atoms with Crippen molar-refractivity contribution in [2.45, 2.75) is 33.2 Å². The number of nitrogens with zero attached hydrogens (tertiary/aromatic N) is 3. The van der Waals surface area contributed by atoms with Gasteiger partial charge in [-0.15, -0.1) is 0 Å². The van der Waals surface area contributed by atoms with Crippen molar-refractivity contribution in [2.24, 2.45) is 5.92 Å². The monoisotopic (exact) mass is 379 g/mol. The van der Waals surface area contributed by atoms with E-state index in [9.17, 15) is 4.79 Å². The number of ketones is 1. The fourth-order valence-corrected chi connectivity index (χ4v) is 3.63. The summed E-state index contributed by atoms with van der Waals surface area (Å²) in [6.07, 6.45) is 6.50.